The van der Waals surface area contributed by atoms with Crippen LogP contribution in [-0.2, 0) is 9.53 Å². The normalized spacial score (nSPS) is 26.8. The summed E-state index contributed by atoms with van der Waals surface area (Å²) in [5.74, 6) is -0.0356. The quantitative estimate of drug-likeness (QED) is 0.608. The summed E-state index contributed by atoms with van der Waals surface area (Å²) in [6, 6.07) is -0.451. The van der Waals surface area contributed by atoms with Crippen LogP contribution >= 0.6 is 0 Å². The highest BCUT2D eigenvalue weighted by Crippen LogP contribution is 2.17. The number of nitrogens with zero attached hydrogens (tertiary/aromatic N) is 1. The van der Waals surface area contributed by atoms with E-state index in [1.54, 1.807) is 0 Å². The van der Waals surface area contributed by atoms with Crippen molar-refractivity contribution >= 4 is 5.97 Å². The molecule has 0 aromatic carbocycles. The Morgan fingerprint density at radius 1 is 1.69 bits per heavy atom. The highest BCUT2D eigenvalue weighted by Gasteiger charge is 2.28. The Bertz CT molecular complexity index is 184. The van der Waals surface area contributed by atoms with Crippen LogP contribution in [-0.4, -0.2) is 44.2 Å². The molecule has 1 aliphatic rings. The van der Waals surface area contributed by atoms with Crippen LogP contribution in [0.3, 0.4) is 0 Å². The minimum absolute atomic E-state index is 0.256. The van der Waals surface area contributed by atoms with Gasteiger partial charge in [0.1, 0.15) is 6.04 Å². The second kappa shape index (κ2) is 4.58. The van der Waals surface area contributed by atoms with Gasteiger partial charge in [0.25, 0.3) is 0 Å². The minimum atomic E-state index is -0.451. The van der Waals surface area contributed by atoms with Gasteiger partial charge in [0.05, 0.1) is 7.11 Å². The summed E-state index contributed by atoms with van der Waals surface area (Å²) in [5, 5.41) is 0. The molecule has 1 fully saturated rings. The van der Waals surface area contributed by atoms with E-state index in [1.165, 1.54) is 7.11 Å². The van der Waals surface area contributed by atoms with E-state index >= 15 is 0 Å². The molecule has 0 radical (unpaired) electrons. The summed E-state index contributed by atoms with van der Waals surface area (Å²) in [4.78, 5) is 13.4. The number of carbonyl (C=O) groups excluding carboxylic acids is 1. The van der Waals surface area contributed by atoms with Crippen molar-refractivity contribution in [1.29, 1.82) is 0 Å². The van der Waals surface area contributed by atoms with Crippen LogP contribution < -0.4 is 5.73 Å². The lowest BCUT2D eigenvalue weighted by Gasteiger charge is -2.31. The van der Waals surface area contributed by atoms with E-state index in [4.69, 9.17) is 5.73 Å². The van der Waals surface area contributed by atoms with Crippen LogP contribution in [0.2, 0.25) is 0 Å². The Balaban J connectivity index is 2.45. The van der Waals surface area contributed by atoms with Crippen molar-refractivity contribution in [1.82, 2.24) is 4.90 Å². The maximum Gasteiger partial charge on any atom is 0.322 e. The van der Waals surface area contributed by atoms with Crippen molar-refractivity contribution in [2.75, 3.05) is 27.2 Å². The number of hydrogen-bond donors (Lipinski definition) is 1. The molecule has 2 N–H and O–H groups in total. The first-order valence-electron chi connectivity index (χ1n) is 4.67. The number of esters is 1. The van der Waals surface area contributed by atoms with Crippen molar-refractivity contribution in [2.45, 2.75) is 18.9 Å². The van der Waals surface area contributed by atoms with E-state index in [9.17, 15) is 4.79 Å². The molecule has 1 aliphatic heterocycles. The summed E-state index contributed by atoms with van der Waals surface area (Å²) >= 11 is 0. The van der Waals surface area contributed by atoms with E-state index in [2.05, 4.69) is 16.7 Å². The van der Waals surface area contributed by atoms with Crippen molar-refractivity contribution in [3.63, 3.8) is 0 Å². The lowest BCUT2D eigenvalue weighted by molar-refractivity contribution is -0.144. The maximum absolute atomic E-state index is 11.2. The topological polar surface area (TPSA) is 55.6 Å². The van der Waals surface area contributed by atoms with Gasteiger partial charge in [-0.3, -0.25) is 4.79 Å². The van der Waals surface area contributed by atoms with Gasteiger partial charge in [-0.1, -0.05) is 0 Å². The van der Waals surface area contributed by atoms with Crippen LogP contribution in [0.4, 0.5) is 0 Å². The van der Waals surface area contributed by atoms with Crippen LogP contribution in [0.25, 0.3) is 0 Å². The van der Waals surface area contributed by atoms with Gasteiger partial charge in [0.2, 0.25) is 0 Å². The molecular weight excluding hydrogens is 168 g/mol. The molecule has 1 heterocycles. The Kier molecular flexibility index (Phi) is 3.69. The summed E-state index contributed by atoms with van der Waals surface area (Å²) in [6.45, 7) is 2.00. The Morgan fingerprint density at radius 3 is 2.92 bits per heavy atom. The zero-order chi connectivity index (χ0) is 9.84. The zero-order valence-corrected chi connectivity index (χ0v) is 8.32. The van der Waals surface area contributed by atoms with Gasteiger partial charge in [-0.2, -0.15) is 0 Å². The van der Waals surface area contributed by atoms with E-state index in [0.717, 1.165) is 25.9 Å². The number of ether oxygens (including phenoxy) is 1. The first-order chi connectivity index (χ1) is 6.15. The monoisotopic (exact) mass is 186 g/mol. The SMILES string of the molecule is COC(=O)C(N)C1CCCN(C)C1. The molecule has 0 aromatic heterocycles. The highest BCUT2D eigenvalue weighted by molar-refractivity contribution is 5.75. The van der Waals surface area contributed by atoms with Crippen LogP contribution in [0.1, 0.15) is 12.8 Å². The maximum atomic E-state index is 11.2. The van der Waals surface area contributed by atoms with Crippen molar-refractivity contribution in [3.8, 4) is 0 Å². The van der Waals surface area contributed by atoms with Gasteiger partial charge in [0.15, 0.2) is 0 Å². The zero-order valence-electron chi connectivity index (χ0n) is 8.32. The fourth-order valence-corrected chi connectivity index (χ4v) is 1.83. The molecular formula is C9H18N2O2. The van der Waals surface area contributed by atoms with Crippen LogP contribution in [0.5, 0.6) is 0 Å². The average Bonchev–Trinajstić information content (AvgIpc) is 2.15. The highest BCUT2D eigenvalue weighted by atomic mass is 16.5. The van der Waals surface area contributed by atoms with E-state index < -0.39 is 6.04 Å². The second-order valence-electron chi connectivity index (χ2n) is 3.71. The second-order valence-corrected chi connectivity index (χ2v) is 3.71. The minimum Gasteiger partial charge on any atom is -0.468 e. The Hall–Kier alpha value is -0.610. The molecule has 4 heteroatoms. The van der Waals surface area contributed by atoms with E-state index in [1.807, 2.05) is 0 Å². The molecule has 2 unspecified atom stereocenters. The van der Waals surface area contributed by atoms with E-state index in [0.29, 0.717) is 0 Å². The summed E-state index contributed by atoms with van der Waals surface area (Å²) in [5.41, 5.74) is 5.76. The molecule has 1 saturated heterocycles. The average molecular weight is 186 g/mol. The largest absolute Gasteiger partial charge is 0.468 e. The van der Waals surface area contributed by atoms with Crippen LogP contribution in [0, 0.1) is 5.92 Å². The predicted octanol–water partition coefficient (Wildman–Crippen LogP) is -0.171. The molecule has 0 bridgehead atoms. The molecule has 2 atom stereocenters. The Morgan fingerprint density at radius 2 is 2.38 bits per heavy atom. The summed E-state index contributed by atoms with van der Waals surface area (Å²) < 4.78 is 4.62. The van der Waals surface area contributed by atoms with E-state index in [-0.39, 0.29) is 11.9 Å². The molecule has 76 valence electrons. The molecule has 0 amide bonds. The molecule has 0 saturated carbocycles. The third kappa shape index (κ3) is 2.67. The molecule has 0 spiro atoms. The van der Waals surface area contributed by atoms with Crippen molar-refractivity contribution < 1.29 is 9.53 Å². The van der Waals surface area contributed by atoms with Gasteiger partial charge in [-0.25, -0.2) is 0 Å². The number of piperidine rings is 1. The lowest BCUT2D eigenvalue weighted by atomic mass is 9.91. The van der Waals surface area contributed by atoms with Gasteiger partial charge in [-0.05, 0) is 32.4 Å². The number of rotatable bonds is 2. The molecule has 0 aliphatic carbocycles. The number of carbonyl (C=O) groups is 1. The summed E-state index contributed by atoms with van der Waals surface area (Å²) in [7, 11) is 3.44. The predicted molar refractivity (Wildman–Crippen MR) is 50.2 cm³/mol. The smallest absolute Gasteiger partial charge is 0.322 e. The standard InChI is InChI=1S/C9H18N2O2/c1-11-5-3-4-7(6-11)8(10)9(12)13-2/h7-8H,3-6,10H2,1-2H3. The Labute approximate surface area is 79.0 Å². The van der Waals surface area contributed by atoms with Gasteiger partial charge < -0.3 is 15.4 Å². The van der Waals surface area contributed by atoms with Crippen LogP contribution in [0.15, 0.2) is 0 Å². The lowest BCUT2D eigenvalue weighted by Crippen LogP contribution is -2.46. The first kappa shape index (κ1) is 10.5. The fourth-order valence-electron chi connectivity index (χ4n) is 1.83. The van der Waals surface area contributed by atoms with Gasteiger partial charge >= 0.3 is 5.97 Å². The third-order valence-corrected chi connectivity index (χ3v) is 2.64. The van der Waals surface area contributed by atoms with Crippen molar-refractivity contribution in [3.05, 3.63) is 0 Å². The fraction of sp³-hybridized carbons (Fsp3) is 0.889. The molecule has 13 heavy (non-hydrogen) atoms. The summed E-state index contributed by atoms with van der Waals surface area (Å²) in [6.07, 6.45) is 2.15. The molecule has 1 rings (SSSR count). The number of nitrogens with two attached hydrogens (primary N) is 1. The molecule has 0 aromatic rings. The number of likely N-dealkylation sites (tertiary alicyclic amines) is 1. The third-order valence-electron chi connectivity index (χ3n) is 2.64. The molecule has 4 nitrogen and oxygen atoms in total. The van der Waals surface area contributed by atoms with Gasteiger partial charge in [-0.15, -0.1) is 0 Å². The number of methoxy groups -OCH3 is 1. The van der Waals surface area contributed by atoms with Crippen molar-refractivity contribution in [2.24, 2.45) is 11.7 Å². The first-order valence-corrected chi connectivity index (χ1v) is 4.67. The van der Waals surface area contributed by atoms with Gasteiger partial charge in [0, 0.05) is 6.54 Å². The number of hydrogen-bond acceptors (Lipinski definition) is 4.